The maximum atomic E-state index is 13.3. The van der Waals surface area contributed by atoms with Crippen LogP contribution < -0.4 is 10.1 Å². The van der Waals surface area contributed by atoms with E-state index in [0.29, 0.717) is 25.8 Å². The molecule has 0 spiro atoms. The molecule has 2 atom stereocenters. The van der Waals surface area contributed by atoms with E-state index in [1.54, 1.807) is 19.2 Å². The molecule has 5 rings (SSSR count). The number of methoxy groups -OCH3 is 2. The predicted molar refractivity (Wildman–Crippen MR) is 187 cm³/mol. The molecule has 0 aromatic heterocycles. The predicted octanol–water partition coefficient (Wildman–Crippen LogP) is 7.59. The van der Waals surface area contributed by atoms with Gasteiger partial charge in [0.1, 0.15) is 17.6 Å². The number of carbonyl (C=O) groups excluding carboxylic acids is 2. The first-order valence-electron chi connectivity index (χ1n) is 17.0. The minimum absolute atomic E-state index is 0.00537. The van der Waals surface area contributed by atoms with E-state index in [9.17, 15) is 14.0 Å². The van der Waals surface area contributed by atoms with Crippen LogP contribution >= 0.6 is 0 Å². The lowest BCUT2D eigenvalue weighted by molar-refractivity contribution is -0.148. The maximum Gasteiger partial charge on any atom is 0.323 e. The molecule has 4 aromatic carbocycles. The average molecular weight is 651 g/mol. The third-order valence-electron chi connectivity index (χ3n) is 9.92. The van der Waals surface area contributed by atoms with Gasteiger partial charge < -0.3 is 14.8 Å². The van der Waals surface area contributed by atoms with Gasteiger partial charge in [-0.2, -0.15) is 0 Å². The topological polar surface area (TPSA) is 67.9 Å². The number of carbonyl (C=O) groups is 2. The van der Waals surface area contributed by atoms with E-state index >= 15 is 0 Å². The van der Waals surface area contributed by atoms with Gasteiger partial charge in [0, 0.05) is 24.4 Å². The van der Waals surface area contributed by atoms with Crippen molar-refractivity contribution in [3.05, 3.63) is 137 Å². The Morgan fingerprint density at radius 3 is 2.15 bits per heavy atom. The molecule has 0 fully saturated rings. The highest BCUT2D eigenvalue weighted by Crippen LogP contribution is 2.42. The summed E-state index contributed by atoms with van der Waals surface area (Å²) in [5.41, 5.74) is 5.47. The van der Waals surface area contributed by atoms with E-state index in [0.717, 1.165) is 49.1 Å². The molecular formula is C41H47FN2O4. The lowest BCUT2D eigenvalue weighted by Gasteiger charge is -2.42. The minimum atomic E-state index is -0.362. The molecule has 1 N–H and O–H groups in total. The van der Waals surface area contributed by atoms with Gasteiger partial charge in [0.15, 0.2) is 0 Å². The fourth-order valence-corrected chi connectivity index (χ4v) is 7.32. The molecule has 48 heavy (non-hydrogen) atoms. The highest BCUT2D eigenvalue weighted by molar-refractivity contribution is 5.77. The summed E-state index contributed by atoms with van der Waals surface area (Å²) >= 11 is 0. The van der Waals surface area contributed by atoms with Gasteiger partial charge in [-0.25, -0.2) is 4.39 Å². The molecule has 7 heteroatoms. The van der Waals surface area contributed by atoms with Crippen molar-refractivity contribution in [1.82, 2.24) is 10.2 Å². The standard InChI is InChI=1S/C41H47FN2O4/c1-30-37-29-36(47-2)22-19-32(37)28-38(40(46)48-3)44(30)27-11-25-41(33-12-6-4-7-13-33,34-14-8-5-9-15-34)24-10-26-43-39(45)23-18-31-16-20-35(42)21-17-31/h4-9,12-17,19-22,29-30,38H,10-11,18,23-28H2,1-3H3,(H,43,45). The van der Waals surface area contributed by atoms with E-state index in [4.69, 9.17) is 9.47 Å². The SMILES string of the molecule is COC(=O)C1Cc2ccc(OC)cc2C(C)N1CCCC(CCCNC(=O)CCc1ccc(F)cc1)(c1ccccc1)c1ccccc1. The quantitative estimate of drug-likeness (QED) is 0.106. The van der Waals surface area contributed by atoms with Crippen molar-refractivity contribution >= 4 is 11.9 Å². The zero-order valence-electron chi connectivity index (χ0n) is 28.3. The van der Waals surface area contributed by atoms with Gasteiger partial charge in [0.05, 0.1) is 14.2 Å². The minimum Gasteiger partial charge on any atom is -0.497 e. The van der Waals surface area contributed by atoms with Crippen molar-refractivity contribution in [1.29, 1.82) is 0 Å². The Kier molecular flexibility index (Phi) is 12.0. The first kappa shape index (κ1) is 34.8. The zero-order chi connectivity index (χ0) is 33.9. The molecule has 1 amide bonds. The van der Waals surface area contributed by atoms with E-state index < -0.39 is 0 Å². The third-order valence-corrected chi connectivity index (χ3v) is 9.92. The highest BCUT2D eigenvalue weighted by atomic mass is 19.1. The summed E-state index contributed by atoms with van der Waals surface area (Å²) in [6, 6.07) is 33.4. The van der Waals surface area contributed by atoms with Gasteiger partial charge in [0.25, 0.3) is 0 Å². The van der Waals surface area contributed by atoms with E-state index in [1.165, 1.54) is 35.9 Å². The second-order valence-corrected chi connectivity index (χ2v) is 12.7. The lowest BCUT2D eigenvalue weighted by Crippen LogP contribution is -2.48. The average Bonchev–Trinajstić information content (AvgIpc) is 3.13. The van der Waals surface area contributed by atoms with Crippen LogP contribution in [0.2, 0.25) is 0 Å². The molecule has 0 bridgehead atoms. The van der Waals surface area contributed by atoms with E-state index in [2.05, 4.69) is 77.8 Å². The van der Waals surface area contributed by atoms with Crippen LogP contribution in [0, 0.1) is 5.82 Å². The van der Waals surface area contributed by atoms with Crippen molar-refractivity contribution in [3.8, 4) is 5.75 Å². The summed E-state index contributed by atoms with van der Waals surface area (Å²) in [6.45, 7) is 3.45. The fraction of sp³-hybridized carbons (Fsp3) is 0.366. The molecule has 252 valence electrons. The number of aryl methyl sites for hydroxylation is 1. The third kappa shape index (κ3) is 8.32. The number of nitrogens with zero attached hydrogens (tertiary/aromatic N) is 1. The number of fused-ring (bicyclic) bond motifs is 1. The van der Waals surface area contributed by atoms with Crippen molar-refractivity contribution in [3.63, 3.8) is 0 Å². The fourth-order valence-electron chi connectivity index (χ4n) is 7.32. The Balaban J connectivity index is 1.32. The molecule has 0 aliphatic carbocycles. The molecule has 2 unspecified atom stereocenters. The van der Waals surface area contributed by atoms with Gasteiger partial charge >= 0.3 is 5.97 Å². The maximum absolute atomic E-state index is 13.3. The Labute approximate surface area is 284 Å². The number of rotatable bonds is 15. The number of hydrogen-bond acceptors (Lipinski definition) is 5. The van der Waals surface area contributed by atoms with Crippen LogP contribution in [0.1, 0.15) is 72.9 Å². The number of esters is 1. The molecule has 6 nitrogen and oxygen atoms in total. The lowest BCUT2D eigenvalue weighted by atomic mass is 9.68. The number of amides is 1. The second-order valence-electron chi connectivity index (χ2n) is 12.7. The Bertz CT molecular complexity index is 1590. The molecule has 1 aliphatic rings. The van der Waals surface area contributed by atoms with E-state index in [1.807, 2.05) is 18.2 Å². The molecule has 0 radical (unpaired) electrons. The van der Waals surface area contributed by atoms with Crippen LogP contribution in [-0.2, 0) is 32.6 Å². The summed E-state index contributed by atoms with van der Waals surface area (Å²) < 4.78 is 24.1. The van der Waals surface area contributed by atoms with Crippen LogP contribution in [0.5, 0.6) is 5.75 Å². The van der Waals surface area contributed by atoms with Gasteiger partial charge in [0.2, 0.25) is 5.91 Å². The smallest absolute Gasteiger partial charge is 0.323 e. The van der Waals surface area contributed by atoms with Crippen LogP contribution in [0.4, 0.5) is 4.39 Å². The summed E-state index contributed by atoms with van der Waals surface area (Å²) in [5, 5.41) is 3.11. The van der Waals surface area contributed by atoms with Crippen molar-refractivity contribution in [2.45, 2.75) is 69.4 Å². The molecule has 1 aliphatic heterocycles. The second kappa shape index (κ2) is 16.6. The Morgan fingerprint density at radius 1 is 0.875 bits per heavy atom. The Hall–Kier alpha value is -4.49. The molecule has 0 saturated carbocycles. The zero-order valence-corrected chi connectivity index (χ0v) is 28.3. The van der Waals surface area contributed by atoms with E-state index in [-0.39, 0.29) is 35.2 Å². The Morgan fingerprint density at radius 2 is 1.52 bits per heavy atom. The van der Waals surface area contributed by atoms with Crippen LogP contribution in [-0.4, -0.2) is 50.1 Å². The normalized spacial score (nSPS) is 16.2. The van der Waals surface area contributed by atoms with Crippen LogP contribution in [0.25, 0.3) is 0 Å². The first-order valence-corrected chi connectivity index (χ1v) is 17.0. The monoisotopic (exact) mass is 650 g/mol. The van der Waals surface area contributed by atoms with Gasteiger partial charge in [-0.15, -0.1) is 0 Å². The van der Waals surface area contributed by atoms with Gasteiger partial charge in [-0.3, -0.25) is 14.5 Å². The van der Waals surface area contributed by atoms with Crippen LogP contribution in [0.15, 0.2) is 103 Å². The summed E-state index contributed by atoms with van der Waals surface area (Å²) in [5.74, 6) is 0.320. The summed E-state index contributed by atoms with van der Waals surface area (Å²) in [6.07, 6.45) is 4.88. The first-order chi connectivity index (χ1) is 23.3. The molecule has 1 heterocycles. The molecular weight excluding hydrogens is 603 g/mol. The largest absolute Gasteiger partial charge is 0.497 e. The van der Waals surface area contributed by atoms with Gasteiger partial charge in [-0.1, -0.05) is 78.9 Å². The summed E-state index contributed by atoms with van der Waals surface area (Å²) in [4.78, 5) is 28.1. The number of hydrogen-bond donors (Lipinski definition) is 1. The summed E-state index contributed by atoms with van der Waals surface area (Å²) in [7, 11) is 3.14. The molecule has 0 saturated heterocycles. The van der Waals surface area contributed by atoms with Gasteiger partial charge in [-0.05, 0) is 104 Å². The number of nitrogens with one attached hydrogen (secondary N) is 1. The number of benzene rings is 4. The van der Waals surface area contributed by atoms with Crippen molar-refractivity contribution in [2.24, 2.45) is 0 Å². The number of halogens is 1. The van der Waals surface area contributed by atoms with Crippen LogP contribution in [0.3, 0.4) is 0 Å². The number of ether oxygens (including phenoxy) is 2. The van der Waals surface area contributed by atoms with Crippen molar-refractivity contribution < 1.29 is 23.5 Å². The molecule has 4 aromatic rings. The highest BCUT2D eigenvalue weighted by Gasteiger charge is 2.38. The van der Waals surface area contributed by atoms with Crippen molar-refractivity contribution in [2.75, 3.05) is 27.3 Å².